The summed E-state index contributed by atoms with van der Waals surface area (Å²) in [4.78, 5) is 0. The zero-order chi connectivity index (χ0) is 7.45. The van der Waals surface area contributed by atoms with Gasteiger partial charge in [-0.1, -0.05) is 0 Å². The number of likely N-dealkylation sites (N-methyl/N-ethyl adjacent to an activating group) is 1. The molecule has 0 aromatic heterocycles. The van der Waals surface area contributed by atoms with Crippen molar-refractivity contribution in [1.29, 1.82) is 0 Å². The zero-order valence-corrected chi connectivity index (χ0v) is 6.60. The fourth-order valence-electron chi connectivity index (χ4n) is 1.38. The van der Waals surface area contributed by atoms with Gasteiger partial charge in [0.05, 0.1) is 20.1 Å². The summed E-state index contributed by atoms with van der Waals surface area (Å²) in [7, 11) is 2.17. The van der Waals surface area contributed by atoms with Gasteiger partial charge in [0.2, 0.25) is 0 Å². The first kappa shape index (κ1) is 7.98. The molecular formula is C7H16N2O+. The molecule has 0 aromatic rings. The number of nitrogens with zero attached hydrogens (tertiary/aromatic N) is 1. The van der Waals surface area contributed by atoms with E-state index < -0.39 is 0 Å². The van der Waals surface area contributed by atoms with Gasteiger partial charge in [-0.2, -0.15) is 0 Å². The van der Waals surface area contributed by atoms with Crippen LogP contribution in [0.5, 0.6) is 0 Å². The van der Waals surface area contributed by atoms with E-state index in [1.165, 1.54) is 0 Å². The second-order valence-corrected chi connectivity index (χ2v) is 3.24. The maximum atomic E-state index is 10.4. The molecule has 0 unspecified atom stereocenters. The van der Waals surface area contributed by atoms with Gasteiger partial charge < -0.3 is 9.80 Å². The maximum absolute atomic E-state index is 10.4. The summed E-state index contributed by atoms with van der Waals surface area (Å²) in [6.45, 7) is 5.22. The van der Waals surface area contributed by atoms with E-state index in [1.54, 1.807) is 0 Å². The number of rotatable bonds is 2. The van der Waals surface area contributed by atoms with Crippen LogP contribution < -0.4 is 5.32 Å². The van der Waals surface area contributed by atoms with E-state index >= 15 is 0 Å². The van der Waals surface area contributed by atoms with Crippen LogP contribution in [-0.4, -0.2) is 50.9 Å². The molecule has 59 valence electrons. The molecule has 10 heavy (non-hydrogen) atoms. The van der Waals surface area contributed by atoms with Crippen LogP contribution in [0.15, 0.2) is 0 Å². The average molecular weight is 144 g/mol. The Labute approximate surface area is 62.2 Å². The summed E-state index contributed by atoms with van der Waals surface area (Å²) in [5, 5.41) is 13.6. The van der Waals surface area contributed by atoms with Crippen LogP contribution in [0.4, 0.5) is 0 Å². The van der Waals surface area contributed by atoms with Crippen LogP contribution in [0.2, 0.25) is 0 Å². The average Bonchev–Trinajstić information content (AvgIpc) is 1.89. The van der Waals surface area contributed by atoms with Crippen molar-refractivity contribution in [2.24, 2.45) is 0 Å². The van der Waals surface area contributed by atoms with E-state index in [9.17, 15) is 5.11 Å². The highest BCUT2D eigenvalue weighted by molar-refractivity contribution is 4.54. The van der Waals surface area contributed by atoms with Crippen molar-refractivity contribution in [3.8, 4) is 0 Å². The zero-order valence-electron chi connectivity index (χ0n) is 6.60. The SMILES string of the molecule is C[N+]1(CC[O])CCNCC1. The number of hydrogen-bond donors (Lipinski definition) is 1. The van der Waals surface area contributed by atoms with E-state index in [0.717, 1.165) is 37.2 Å². The molecule has 0 atom stereocenters. The second-order valence-electron chi connectivity index (χ2n) is 3.24. The quantitative estimate of drug-likeness (QED) is 0.519. The first-order valence-electron chi connectivity index (χ1n) is 3.89. The van der Waals surface area contributed by atoms with Gasteiger partial charge in [0.1, 0.15) is 13.2 Å². The Kier molecular flexibility index (Phi) is 2.65. The van der Waals surface area contributed by atoms with Crippen molar-refractivity contribution >= 4 is 0 Å². The van der Waals surface area contributed by atoms with Gasteiger partial charge in [-0.05, 0) is 0 Å². The van der Waals surface area contributed by atoms with Crippen molar-refractivity contribution in [3.63, 3.8) is 0 Å². The van der Waals surface area contributed by atoms with Crippen molar-refractivity contribution in [3.05, 3.63) is 0 Å². The summed E-state index contributed by atoms with van der Waals surface area (Å²) in [6, 6.07) is 0. The molecule has 1 saturated heterocycles. The minimum Gasteiger partial charge on any atom is -0.322 e. The lowest BCUT2D eigenvalue weighted by Gasteiger charge is -2.37. The molecule has 0 saturated carbocycles. The van der Waals surface area contributed by atoms with Gasteiger partial charge in [0, 0.05) is 13.1 Å². The van der Waals surface area contributed by atoms with E-state index in [4.69, 9.17) is 0 Å². The van der Waals surface area contributed by atoms with E-state index in [1.807, 2.05) is 0 Å². The number of nitrogens with one attached hydrogen (secondary N) is 1. The lowest BCUT2D eigenvalue weighted by Crippen LogP contribution is -2.56. The second kappa shape index (κ2) is 3.32. The van der Waals surface area contributed by atoms with E-state index in [2.05, 4.69) is 12.4 Å². The Balaban J connectivity index is 2.32. The van der Waals surface area contributed by atoms with Gasteiger partial charge >= 0.3 is 0 Å². The summed E-state index contributed by atoms with van der Waals surface area (Å²) in [5.74, 6) is 0. The third kappa shape index (κ3) is 1.94. The number of piperazine rings is 1. The fraction of sp³-hybridized carbons (Fsp3) is 1.00. The third-order valence-electron chi connectivity index (χ3n) is 2.29. The molecule has 0 spiro atoms. The Morgan fingerprint density at radius 3 is 2.50 bits per heavy atom. The highest BCUT2D eigenvalue weighted by atomic mass is 16.3. The first-order chi connectivity index (χ1) is 4.77. The Morgan fingerprint density at radius 2 is 2.00 bits per heavy atom. The normalized spacial score (nSPS) is 24.6. The smallest absolute Gasteiger partial charge is 0.131 e. The molecule has 0 aliphatic carbocycles. The van der Waals surface area contributed by atoms with Crippen molar-refractivity contribution < 1.29 is 9.59 Å². The Bertz CT molecular complexity index is 94.3. The fourth-order valence-corrected chi connectivity index (χ4v) is 1.38. The van der Waals surface area contributed by atoms with E-state index in [0.29, 0.717) is 0 Å². The topological polar surface area (TPSA) is 31.9 Å². The van der Waals surface area contributed by atoms with Crippen molar-refractivity contribution in [2.45, 2.75) is 0 Å². The molecule has 1 heterocycles. The van der Waals surface area contributed by atoms with Gasteiger partial charge in [0.15, 0.2) is 0 Å². The molecule has 1 fully saturated rings. The standard InChI is InChI=1S/C7H16N2O/c1-9(6-7-10)4-2-8-3-5-9/h8H,2-7H2,1H3/q+1. The third-order valence-corrected chi connectivity index (χ3v) is 2.29. The molecular weight excluding hydrogens is 128 g/mol. The minimum atomic E-state index is 0.0660. The summed E-state index contributed by atoms with van der Waals surface area (Å²) in [6.07, 6.45) is 0. The molecule has 3 nitrogen and oxygen atoms in total. The summed E-state index contributed by atoms with van der Waals surface area (Å²) in [5.41, 5.74) is 0. The Morgan fingerprint density at radius 1 is 1.40 bits per heavy atom. The minimum absolute atomic E-state index is 0.0660. The lowest BCUT2D eigenvalue weighted by atomic mass is 10.3. The van der Waals surface area contributed by atoms with Crippen molar-refractivity contribution in [1.82, 2.24) is 5.32 Å². The maximum Gasteiger partial charge on any atom is 0.131 e. The van der Waals surface area contributed by atoms with Gasteiger partial charge in [-0.3, -0.25) is 0 Å². The molecule has 0 bridgehead atoms. The van der Waals surface area contributed by atoms with Gasteiger partial charge in [0.25, 0.3) is 0 Å². The highest BCUT2D eigenvalue weighted by Crippen LogP contribution is 2.02. The van der Waals surface area contributed by atoms with E-state index in [-0.39, 0.29) is 6.61 Å². The number of hydrogen-bond acceptors (Lipinski definition) is 1. The van der Waals surface area contributed by atoms with Gasteiger partial charge in [-0.15, -0.1) is 0 Å². The Hall–Kier alpha value is -0.120. The predicted molar refractivity (Wildman–Crippen MR) is 39.2 cm³/mol. The molecule has 0 aromatic carbocycles. The lowest BCUT2D eigenvalue weighted by molar-refractivity contribution is -0.911. The molecule has 1 aliphatic rings. The van der Waals surface area contributed by atoms with Crippen LogP contribution in [0.1, 0.15) is 0 Å². The van der Waals surface area contributed by atoms with Crippen LogP contribution in [-0.2, 0) is 5.11 Å². The highest BCUT2D eigenvalue weighted by Gasteiger charge is 2.23. The van der Waals surface area contributed by atoms with Crippen LogP contribution in [0.25, 0.3) is 0 Å². The monoisotopic (exact) mass is 144 g/mol. The summed E-state index contributed by atoms with van der Waals surface area (Å²) >= 11 is 0. The number of quaternary nitrogens is 1. The molecule has 0 amide bonds. The van der Waals surface area contributed by atoms with Crippen LogP contribution in [0.3, 0.4) is 0 Å². The van der Waals surface area contributed by atoms with Crippen molar-refractivity contribution in [2.75, 3.05) is 46.4 Å². The van der Waals surface area contributed by atoms with Crippen LogP contribution in [0, 0.1) is 0 Å². The van der Waals surface area contributed by atoms with Gasteiger partial charge in [-0.25, -0.2) is 5.11 Å². The van der Waals surface area contributed by atoms with Crippen LogP contribution >= 0.6 is 0 Å². The molecule has 1 aliphatic heterocycles. The molecule has 3 heteroatoms. The molecule has 1 rings (SSSR count). The first-order valence-corrected chi connectivity index (χ1v) is 3.89. The largest absolute Gasteiger partial charge is 0.322 e. The molecule has 1 N–H and O–H groups in total. The molecule has 1 radical (unpaired) electrons. The predicted octanol–water partition coefficient (Wildman–Crippen LogP) is -0.533. The summed E-state index contributed by atoms with van der Waals surface area (Å²) < 4.78 is 0.969.